The number of nitrogens with two attached hydrogens (primary N) is 1. The standard InChI is InChI=1S/C13H18N2.ClH/c1-3-11(14)7-10-8-15-13-5-4-9(2)6-12(10)13;/h4-6,8,11,15H,3,7,14H2,1-2H3;1H. The first-order valence-corrected chi connectivity index (χ1v) is 5.53. The Labute approximate surface area is 103 Å². The number of rotatable bonds is 3. The van der Waals surface area contributed by atoms with E-state index in [1.807, 2.05) is 0 Å². The average Bonchev–Trinajstić information content (AvgIpc) is 2.61. The molecule has 2 rings (SSSR count). The zero-order chi connectivity index (χ0) is 10.8. The number of nitrogens with one attached hydrogen (secondary N) is 1. The third-order valence-corrected chi connectivity index (χ3v) is 2.93. The summed E-state index contributed by atoms with van der Waals surface area (Å²) in [6.45, 7) is 4.25. The van der Waals surface area contributed by atoms with Gasteiger partial charge in [-0.15, -0.1) is 12.4 Å². The molecular weight excluding hydrogens is 220 g/mol. The maximum atomic E-state index is 5.98. The molecule has 3 heteroatoms. The van der Waals surface area contributed by atoms with Crippen molar-refractivity contribution in [2.45, 2.75) is 32.7 Å². The molecule has 1 aromatic heterocycles. The van der Waals surface area contributed by atoms with Gasteiger partial charge in [-0.05, 0) is 37.5 Å². The number of fused-ring (bicyclic) bond motifs is 1. The van der Waals surface area contributed by atoms with Gasteiger partial charge in [0.25, 0.3) is 0 Å². The van der Waals surface area contributed by atoms with Crippen LogP contribution in [0.4, 0.5) is 0 Å². The lowest BCUT2D eigenvalue weighted by Crippen LogP contribution is -2.21. The van der Waals surface area contributed by atoms with Gasteiger partial charge in [-0.1, -0.05) is 18.6 Å². The zero-order valence-corrected chi connectivity index (χ0v) is 10.6. The van der Waals surface area contributed by atoms with Crippen LogP contribution in [-0.4, -0.2) is 11.0 Å². The van der Waals surface area contributed by atoms with Crippen LogP contribution < -0.4 is 5.73 Å². The first-order chi connectivity index (χ1) is 7.20. The normalized spacial score (nSPS) is 12.4. The van der Waals surface area contributed by atoms with Gasteiger partial charge in [-0.25, -0.2) is 0 Å². The molecule has 0 saturated heterocycles. The van der Waals surface area contributed by atoms with Crippen LogP contribution in [0.25, 0.3) is 10.9 Å². The number of aryl methyl sites for hydroxylation is 1. The number of hydrogen-bond acceptors (Lipinski definition) is 1. The van der Waals surface area contributed by atoms with E-state index in [4.69, 9.17) is 5.73 Å². The van der Waals surface area contributed by atoms with Crippen molar-refractivity contribution >= 4 is 23.3 Å². The van der Waals surface area contributed by atoms with Crippen LogP contribution in [0.1, 0.15) is 24.5 Å². The maximum absolute atomic E-state index is 5.98. The molecule has 1 atom stereocenters. The van der Waals surface area contributed by atoms with Crippen LogP contribution in [0.2, 0.25) is 0 Å². The second kappa shape index (κ2) is 5.37. The lowest BCUT2D eigenvalue weighted by Gasteiger charge is -2.07. The third kappa shape index (κ3) is 2.57. The lowest BCUT2D eigenvalue weighted by atomic mass is 10.0. The van der Waals surface area contributed by atoms with Crippen LogP contribution in [0.15, 0.2) is 24.4 Å². The third-order valence-electron chi connectivity index (χ3n) is 2.93. The first-order valence-electron chi connectivity index (χ1n) is 5.53. The van der Waals surface area contributed by atoms with Gasteiger partial charge in [0.15, 0.2) is 0 Å². The molecule has 0 saturated carbocycles. The second-order valence-corrected chi connectivity index (χ2v) is 4.24. The Balaban J connectivity index is 0.00000128. The highest BCUT2D eigenvalue weighted by molar-refractivity contribution is 5.85. The van der Waals surface area contributed by atoms with Gasteiger partial charge in [0, 0.05) is 23.1 Å². The summed E-state index contributed by atoms with van der Waals surface area (Å²) in [5.41, 5.74) is 9.82. The molecule has 0 fully saturated rings. The summed E-state index contributed by atoms with van der Waals surface area (Å²) in [5.74, 6) is 0. The molecule has 1 unspecified atom stereocenters. The number of H-pyrrole nitrogens is 1. The van der Waals surface area contributed by atoms with E-state index >= 15 is 0 Å². The number of halogens is 1. The molecule has 0 aliphatic heterocycles. The monoisotopic (exact) mass is 238 g/mol. The summed E-state index contributed by atoms with van der Waals surface area (Å²) in [6, 6.07) is 6.75. The van der Waals surface area contributed by atoms with Crippen molar-refractivity contribution in [1.29, 1.82) is 0 Å². The largest absolute Gasteiger partial charge is 0.361 e. The summed E-state index contributed by atoms with van der Waals surface area (Å²) in [7, 11) is 0. The van der Waals surface area contributed by atoms with Gasteiger partial charge in [0.1, 0.15) is 0 Å². The van der Waals surface area contributed by atoms with Crippen molar-refractivity contribution in [2.75, 3.05) is 0 Å². The minimum absolute atomic E-state index is 0. The number of benzene rings is 1. The number of aromatic amines is 1. The highest BCUT2D eigenvalue weighted by atomic mass is 35.5. The van der Waals surface area contributed by atoms with E-state index in [0.29, 0.717) is 0 Å². The highest BCUT2D eigenvalue weighted by Gasteiger charge is 2.07. The topological polar surface area (TPSA) is 41.8 Å². The molecule has 0 amide bonds. The zero-order valence-electron chi connectivity index (χ0n) is 9.79. The lowest BCUT2D eigenvalue weighted by molar-refractivity contribution is 0.648. The SMILES string of the molecule is CCC(N)Cc1c[nH]c2ccc(C)cc12.Cl. The second-order valence-electron chi connectivity index (χ2n) is 4.24. The Morgan fingerprint density at radius 2 is 2.12 bits per heavy atom. The van der Waals surface area contributed by atoms with Gasteiger partial charge in [0.05, 0.1) is 0 Å². The fourth-order valence-corrected chi connectivity index (χ4v) is 1.89. The van der Waals surface area contributed by atoms with Crippen molar-refractivity contribution in [3.05, 3.63) is 35.5 Å². The van der Waals surface area contributed by atoms with Gasteiger partial charge in [-0.2, -0.15) is 0 Å². The minimum Gasteiger partial charge on any atom is -0.361 e. The number of hydrogen-bond donors (Lipinski definition) is 2. The van der Waals surface area contributed by atoms with Gasteiger partial charge in [-0.3, -0.25) is 0 Å². The number of aromatic nitrogens is 1. The molecule has 0 bridgehead atoms. The summed E-state index contributed by atoms with van der Waals surface area (Å²) >= 11 is 0. The Bertz CT molecular complexity index is 462. The molecule has 0 aliphatic rings. The van der Waals surface area contributed by atoms with Crippen LogP contribution in [0.3, 0.4) is 0 Å². The van der Waals surface area contributed by atoms with Crippen molar-refractivity contribution in [3.8, 4) is 0 Å². The van der Waals surface area contributed by atoms with E-state index < -0.39 is 0 Å². The fraction of sp³-hybridized carbons (Fsp3) is 0.385. The fourth-order valence-electron chi connectivity index (χ4n) is 1.89. The molecule has 2 aromatic rings. The molecule has 1 heterocycles. The van der Waals surface area contributed by atoms with Crippen LogP contribution >= 0.6 is 12.4 Å². The summed E-state index contributed by atoms with van der Waals surface area (Å²) in [4.78, 5) is 3.29. The predicted molar refractivity (Wildman–Crippen MR) is 72.3 cm³/mol. The smallest absolute Gasteiger partial charge is 0.0456 e. The van der Waals surface area contributed by atoms with Crippen molar-refractivity contribution in [2.24, 2.45) is 5.73 Å². The molecule has 0 radical (unpaired) electrons. The van der Waals surface area contributed by atoms with E-state index in [2.05, 4.69) is 43.2 Å². The van der Waals surface area contributed by atoms with Crippen LogP contribution in [-0.2, 0) is 6.42 Å². The Morgan fingerprint density at radius 1 is 1.38 bits per heavy atom. The Hall–Kier alpha value is -0.990. The molecule has 0 spiro atoms. The molecule has 2 nitrogen and oxygen atoms in total. The average molecular weight is 239 g/mol. The van der Waals surface area contributed by atoms with E-state index in [0.717, 1.165) is 12.8 Å². The van der Waals surface area contributed by atoms with Crippen LogP contribution in [0.5, 0.6) is 0 Å². The van der Waals surface area contributed by atoms with Crippen molar-refractivity contribution < 1.29 is 0 Å². The summed E-state index contributed by atoms with van der Waals surface area (Å²) < 4.78 is 0. The molecule has 0 aliphatic carbocycles. The highest BCUT2D eigenvalue weighted by Crippen LogP contribution is 2.20. The van der Waals surface area contributed by atoms with Gasteiger partial charge >= 0.3 is 0 Å². The van der Waals surface area contributed by atoms with Crippen molar-refractivity contribution in [3.63, 3.8) is 0 Å². The molecule has 3 N–H and O–H groups in total. The molecule has 16 heavy (non-hydrogen) atoms. The van der Waals surface area contributed by atoms with E-state index in [9.17, 15) is 0 Å². The minimum atomic E-state index is 0. The maximum Gasteiger partial charge on any atom is 0.0456 e. The molecule has 88 valence electrons. The van der Waals surface area contributed by atoms with Crippen LogP contribution in [0, 0.1) is 6.92 Å². The molecular formula is C13H19ClN2. The van der Waals surface area contributed by atoms with E-state index in [1.54, 1.807) is 0 Å². The van der Waals surface area contributed by atoms with Gasteiger partial charge < -0.3 is 10.7 Å². The Kier molecular flexibility index (Phi) is 4.39. The van der Waals surface area contributed by atoms with E-state index in [-0.39, 0.29) is 18.4 Å². The Morgan fingerprint density at radius 3 is 2.81 bits per heavy atom. The first kappa shape index (κ1) is 13.1. The summed E-state index contributed by atoms with van der Waals surface area (Å²) in [5, 5.41) is 1.32. The molecule has 1 aromatic carbocycles. The van der Waals surface area contributed by atoms with E-state index in [1.165, 1.54) is 22.0 Å². The quantitative estimate of drug-likeness (QED) is 0.848. The van der Waals surface area contributed by atoms with Gasteiger partial charge in [0.2, 0.25) is 0 Å². The summed E-state index contributed by atoms with van der Waals surface area (Å²) in [6.07, 6.45) is 4.07. The predicted octanol–water partition coefficient (Wildman–Crippen LogP) is 3.18. The van der Waals surface area contributed by atoms with Crippen molar-refractivity contribution in [1.82, 2.24) is 4.98 Å².